The lowest BCUT2D eigenvalue weighted by molar-refractivity contribution is -0.243. The zero-order valence-electron chi connectivity index (χ0n) is 39.3. The third-order valence-electron chi connectivity index (χ3n) is 13.1. The molecule has 16 nitrogen and oxygen atoms in total. The SMILES string of the molecule is CC.CC(C)(OC(N)=O)C(F)(F)F.CCC1(S(=O)(=O)NC(=O)[C@@]23C[C@H]2/C=C\CC[C@@H](C)C[C@@H](C)CC(=O)N2C[C@H](Oc4ncc(N5CCOCC5)c5cc(OC)ccc45)C[C@H]2C(=O)N3)CC1.[HH].[HH].[HH]. The van der Waals surface area contributed by atoms with Gasteiger partial charge in [-0.1, -0.05) is 46.8 Å². The van der Waals surface area contributed by atoms with Crippen LogP contribution >= 0.6 is 0 Å². The van der Waals surface area contributed by atoms with Crippen LogP contribution in [0.15, 0.2) is 36.5 Å². The monoisotopic (exact) mass is 959 g/mol. The number of allylic oxidation sites excluding steroid dienone is 1. The molecule has 2 aromatic rings. The number of ether oxygens (including phenoxy) is 4. The number of sulfonamides is 1. The van der Waals surface area contributed by atoms with E-state index in [4.69, 9.17) is 19.2 Å². The van der Waals surface area contributed by atoms with Crippen molar-refractivity contribution in [2.75, 3.05) is 44.9 Å². The van der Waals surface area contributed by atoms with Gasteiger partial charge in [0.25, 0.3) is 5.91 Å². The second-order valence-electron chi connectivity index (χ2n) is 18.3. The topological polar surface area (TPSA) is 209 Å². The Bertz CT molecular complexity index is 2230. The molecule has 20 heteroatoms. The van der Waals surface area contributed by atoms with Gasteiger partial charge >= 0.3 is 12.3 Å². The van der Waals surface area contributed by atoms with Gasteiger partial charge < -0.3 is 39.8 Å². The fourth-order valence-corrected chi connectivity index (χ4v) is 10.5. The second kappa shape index (κ2) is 21.0. The number of pyridine rings is 1. The van der Waals surface area contributed by atoms with Gasteiger partial charge in [-0.15, -0.1) is 0 Å². The molecule has 6 atom stereocenters. The molecule has 4 heterocycles. The van der Waals surface area contributed by atoms with E-state index >= 15 is 0 Å². The molecule has 0 radical (unpaired) electrons. The Morgan fingerprint density at radius 2 is 1.76 bits per heavy atom. The molecular formula is C46H73F3N6O10S. The van der Waals surface area contributed by atoms with Crippen LogP contribution in [-0.2, 0) is 33.9 Å². The van der Waals surface area contributed by atoms with Gasteiger partial charge in [-0.25, -0.2) is 18.2 Å². The van der Waals surface area contributed by atoms with Crippen molar-refractivity contribution in [2.45, 2.75) is 140 Å². The van der Waals surface area contributed by atoms with Crippen LogP contribution in [0.2, 0.25) is 0 Å². The summed E-state index contributed by atoms with van der Waals surface area (Å²) < 4.78 is 85.2. The highest BCUT2D eigenvalue weighted by Gasteiger charge is 2.63. The van der Waals surface area contributed by atoms with Crippen molar-refractivity contribution in [1.29, 1.82) is 0 Å². The number of fused-ring (bicyclic) bond motifs is 3. The molecule has 3 aliphatic heterocycles. The van der Waals surface area contributed by atoms with E-state index in [1.807, 2.05) is 51.1 Å². The molecule has 66 heavy (non-hydrogen) atoms. The number of nitrogens with two attached hydrogens (primary N) is 1. The summed E-state index contributed by atoms with van der Waals surface area (Å²) in [5.41, 5.74) is 1.41. The molecular weight excluding hydrogens is 886 g/mol. The number of nitrogens with zero attached hydrogens (tertiary/aromatic N) is 3. The van der Waals surface area contributed by atoms with Crippen molar-refractivity contribution in [1.82, 2.24) is 19.9 Å². The number of alkyl halides is 3. The Balaban J connectivity index is 0.000000904. The van der Waals surface area contributed by atoms with Gasteiger partial charge in [0.2, 0.25) is 33.3 Å². The maximum Gasteiger partial charge on any atom is 0.427 e. The van der Waals surface area contributed by atoms with Crippen LogP contribution < -0.4 is 30.1 Å². The fourth-order valence-electron chi connectivity index (χ4n) is 8.83. The first-order valence-corrected chi connectivity index (χ1v) is 24.4. The number of carbonyl (C=O) groups is 4. The Kier molecular flexibility index (Phi) is 16.6. The molecule has 0 unspecified atom stereocenters. The third-order valence-corrected chi connectivity index (χ3v) is 15.4. The van der Waals surface area contributed by atoms with E-state index in [1.165, 1.54) is 0 Å². The average Bonchev–Trinajstić information content (AvgIpc) is 4.17. The predicted molar refractivity (Wildman–Crippen MR) is 249 cm³/mol. The lowest BCUT2D eigenvalue weighted by Crippen LogP contribution is -2.57. The molecule has 5 aliphatic rings. The number of aromatic nitrogens is 1. The summed E-state index contributed by atoms with van der Waals surface area (Å²) in [5.74, 6) is -0.171. The van der Waals surface area contributed by atoms with Crippen LogP contribution in [0.25, 0.3) is 10.8 Å². The number of nitrogens with one attached hydrogen (secondary N) is 2. The summed E-state index contributed by atoms with van der Waals surface area (Å²) in [7, 11) is -2.32. The van der Waals surface area contributed by atoms with Crippen molar-refractivity contribution in [3.63, 3.8) is 0 Å². The van der Waals surface area contributed by atoms with Gasteiger partial charge in [0.05, 0.1) is 43.5 Å². The van der Waals surface area contributed by atoms with Gasteiger partial charge in [0, 0.05) is 46.9 Å². The fraction of sp³-hybridized carbons (Fsp3) is 0.674. The van der Waals surface area contributed by atoms with Crippen LogP contribution in [-0.4, -0.2) is 116 Å². The summed E-state index contributed by atoms with van der Waals surface area (Å²) in [6, 6.07) is 4.81. The molecule has 4 fully saturated rings. The minimum Gasteiger partial charge on any atom is -0.497 e. The number of primary amides is 1. The van der Waals surface area contributed by atoms with Crippen LogP contribution in [0.5, 0.6) is 11.6 Å². The Hall–Kier alpha value is -4.85. The Morgan fingerprint density at radius 3 is 2.35 bits per heavy atom. The van der Waals surface area contributed by atoms with Gasteiger partial charge in [0.1, 0.15) is 23.4 Å². The lowest BCUT2D eigenvalue weighted by atomic mass is 9.91. The highest BCUT2D eigenvalue weighted by atomic mass is 32.2. The number of morpholine rings is 1. The van der Waals surface area contributed by atoms with E-state index in [9.17, 15) is 40.8 Å². The first-order valence-electron chi connectivity index (χ1n) is 22.9. The number of rotatable bonds is 9. The highest BCUT2D eigenvalue weighted by molar-refractivity contribution is 7.91. The van der Waals surface area contributed by atoms with Crippen LogP contribution in [0, 0.1) is 17.8 Å². The first-order chi connectivity index (χ1) is 31.0. The summed E-state index contributed by atoms with van der Waals surface area (Å²) in [6.07, 6.45) is 3.88. The summed E-state index contributed by atoms with van der Waals surface area (Å²) in [6.45, 7) is 14.3. The highest BCUT2D eigenvalue weighted by Crippen LogP contribution is 2.49. The van der Waals surface area contributed by atoms with E-state index in [1.54, 1.807) is 18.2 Å². The van der Waals surface area contributed by atoms with Crippen LogP contribution in [0.1, 0.15) is 111 Å². The normalized spacial score (nSPS) is 27.1. The average molecular weight is 959 g/mol. The van der Waals surface area contributed by atoms with Crippen LogP contribution in [0.3, 0.4) is 0 Å². The number of hydrogen-bond acceptors (Lipinski definition) is 12. The van der Waals surface area contributed by atoms with Gasteiger partial charge in [-0.3, -0.25) is 19.1 Å². The molecule has 0 spiro atoms. The van der Waals surface area contributed by atoms with Crippen molar-refractivity contribution in [3.05, 3.63) is 36.5 Å². The number of hydrogen-bond donors (Lipinski definition) is 3. The zero-order chi connectivity index (χ0) is 48.8. The van der Waals surface area contributed by atoms with Gasteiger partial charge in [-0.05, 0) is 88.8 Å². The number of halogens is 3. The predicted octanol–water partition coefficient (Wildman–Crippen LogP) is 7.28. The summed E-state index contributed by atoms with van der Waals surface area (Å²) in [5, 5.41) is 4.66. The first kappa shape index (κ1) is 52.1. The number of benzene rings is 1. The second-order valence-corrected chi connectivity index (χ2v) is 20.4. The van der Waals surface area contributed by atoms with E-state index in [2.05, 4.69) is 39.3 Å². The largest absolute Gasteiger partial charge is 0.497 e. The molecule has 374 valence electrons. The van der Waals surface area contributed by atoms with Crippen molar-refractivity contribution in [3.8, 4) is 11.6 Å². The van der Waals surface area contributed by atoms with E-state index < -0.39 is 62.1 Å². The van der Waals surface area contributed by atoms with Gasteiger partial charge in [-0.2, -0.15) is 13.2 Å². The summed E-state index contributed by atoms with van der Waals surface area (Å²) >= 11 is 0. The quantitative estimate of drug-likeness (QED) is 0.212. The molecule has 1 aromatic carbocycles. The maximum absolute atomic E-state index is 14.3. The number of amides is 4. The number of methoxy groups -OCH3 is 1. The maximum atomic E-state index is 14.3. The van der Waals surface area contributed by atoms with E-state index in [-0.39, 0.29) is 47.8 Å². The molecule has 7 rings (SSSR count). The smallest absolute Gasteiger partial charge is 0.427 e. The molecule has 0 bridgehead atoms. The van der Waals surface area contributed by atoms with E-state index in [0.29, 0.717) is 50.0 Å². The molecule has 2 saturated carbocycles. The third kappa shape index (κ3) is 11.8. The zero-order valence-corrected chi connectivity index (χ0v) is 40.1. The van der Waals surface area contributed by atoms with Gasteiger partial charge in [0.15, 0.2) is 0 Å². The van der Waals surface area contributed by atoms with Crippen molar-refractivity contribution < 1.29 is 64.0 Å². The van der Waals surface area contributed by atoms with Crippen molar-refractivity contribution >= 4 is 50.3 Å². The minimum atomic E-state index is -4.60. The Labute approximate surface area is 390 Å². The number of carbonyl (C=O) groups excluding carboxylic acids is 4. The molecule has 4 amide bonds. The molecule has 4 N–H and O–H groups in total. The summed E-state index contributed by atoms with van der Waals surface area (Å²) in [4.78, 5) is 60.8. The van der Waals surface area contributed by atoms with Crippen molar-refractivity contribution in [2.24, 2.45) is 23.5 Å². The Morgan fingerprint density at radius 1 is 1.08 bits per heavy atom. The molecule has 1 aromatic heterocycles. The van der Waals surface area contributed by atoms with Crippen LogP contribution in [0.4, 0.5) is 23.7 Å². The lowest BCUT2D eigenvalue weighted by Gasteiger charge is -2.30. The van der Waals surface area contributed by atoms with E-state index in [0.717, 1.165) is 62.7 Å². The molecule has 2 saturated heterocycles. The number of anilines is 1. The molecule has 2 aliphatic carbocycles. The standard InChI is InChI=1S/C39H53N5O8S.C5H8F3NO2.C2H6.3H2/c1-5-38(12-13-38)53(48,49)42-37(47)39-22-27(39)9-7-6-8-25(2)18-26(3)19-34(45)44-24-29(21-32(44)35(46)41-39)52-36-30-11-10-28(50-4)20-31(30)33(23-40-36)43-14-16-51-17-15-43;1-4(2,5(6,7)8)11-3(9)10;1-2;;;/h7,9-11,20,23,25-27,29,32H,5-6,8,12-19,21-22,24H2,1-4H3,(H,41,46)(H,42,47);1-2H3,(H2,9,10);1-2H3;3*1H/b9-7-;;;;;/t25-,26-,27-,29-,32+,39-;;;;;/m1...../s1. The minimum absolute atomic E-state index is 0.